The molecule has 2 fully saturated rings. The van der Waals surface area contributed by atoms with Gasteiger partial charge in [-0.15, -0.1) is 0 Å². The van der Waals surface area contributed by atoms with E-state index in [4.69, 9.17) is 0 Å². The number of carbonyl (C=O) groups is 2. The van der Waals surface area contributed by atoms with Crippen LogP contribution in [0.1, 0.15) is 42.5 Å². The van der Waals surface area contributed by atoms with Gasteiger partial charge in [-0.2, -0.15) is 0 Å². The normalized spacial score (nSPS) is 18.0. The Labute approximate surface area is 160 Å². The van der Waals surface area contributed by atoms with Gasteiger partial charge in [0.25, 0.3) is 5.91 Å². The summed E-state index contributed by atoms with van der Waals surface area (Å²) in [7, 11) is 0. The van der Waals surface area contributed by atoms with Crippen molar-refractivity contribution in [3.8, 4) is 11.1 Å². The third-order valence-corrected chi connectivity index (χ3v) is 5.85. The Hall–Kier alpha value is -2.62. The Morgan fingerprint density at radius 1 is 0.815 bits per heavy atom. The van der Waals surface area contributed by atoms with Crippen LogP contribution in [0, 0.1) is 5.92 Å². The standard InChI is InChI=1S/C23H26N2O2/c26-22(19-11-9-18(10-12-19)17-5-2-1-3-6-17)24-21-13-15-25(16-14-21)23(27)20-7-4-8-20/h1-3,5-6,9-12,20-21H,4,7-8,13-16H2,(H,24,26). The second-order valence-corrected chi connectivity index (χ2v) is 7.64. The lowest BCUT2D eigenvalue weighted by Gasteiger charge is -2.36. The lowest BCUT2D eigenvalue weighted by atomic mass is 9.84. The number of hydrogen-bond donors (Lipinski definition) is 1. The third kappa shape index (κ3) is 4.05. The SMILES string of the molecule is O=C(NC1CCN(C(=O)C2CCC2)CC1)c1ccc(-c2ccccc2)cc1. The Balaban J connectivity index is 1.30. The molecule has 2 aliphatic rings. The number of rotatable bonds is 4. The van der Waals surface area contributed by atoms with Gasteiger partial charge in [-0.05, 0) is 48.9 Å². The summed E-state index contributed by atoms with van der Waals surface area (Å²) >= 11 is 0. The van der Waals surface area contributed by atoms with Crippen molar-refractivity contribution in [3.63, 3.8) is 0 Å². The Morgan fingerprint density at radius 2 is 1.44 bits per heavy atom. The lowest BCUT2D eigenvalue weighted by Crippen LogP contribution is -2.48. The van der Waals surface area contributed by atoms with E-state index in [1.54, 1.807) is 0 Å². The van der Waals surface area contributed by atoms with Gasteiger partial charge in [-0.1, -0.05) is 48.9 Å². The van der Waals surface area contributed by atoms with Gasteiger partial charge in [-0.25, -0.2) is 0 Å². The summed E-state index contributed by atoms with van der Waals surface area (Å²) in [5, 5.41) is 3.13. The van der Waals surface area contributed by atoms with Gasteiger partial charge in [-0.3, -0.25) is 9.59 Å². The van der Waals surface area contributed by atoms with Crippen molar-refractivity contribution in [2.24, 2.45) is 5.92 Å². The molecule has 1 saturated heterocycles. The summed E-state index contributed by atoms with van der Waals surface area (Å²) in [5.74, 6) is 0.556. The van der Waals surface area contributed by atoms with E-state index in [2.05, 4.69) is 17.4 Å². The van der Waals surface area contributed by atoms with Crippen LogP contribution in [0.5, 0.6) is 0 Å². The van der Waals surface area contributed by atoms with Crippen molar-refractivity contribution in [1.82, 2.24) is 10.2 Å². The molecule has 0 unspecified atom stereocenters. The molecular weight excluding hydrogens is 336 g/mol. The summed E-state index contributed by atoms with van der Waals surface area (Å²) < 4.78 is 0. The van der Waals surface area contributed by atoms with Crippen LogP contribution in [-0.2, 0) is 4.79 Å². The summed E-state index contributed by atoms with van der Waals surface area (Å²) in [6, 6.07) is 18.0. The molecule has 4 heteroatoms. The minimum atomic E-state index is -0.0293. The zero-order valence-corrected chi connectivity index (χ0v) is 15.6. The highest BCUT2D eigenvalue weighted by atomic mass is 16.2. The average Bonchev–Trinajstić information content (AvgIpc) is 2.68. The van der Waals surface area contributed by atoms with Crippen LogP contribution in [0.25, 0.3) is 11.1 Å². The van der Waals surface area contributed by atoms with Gasteiger partial charge >= 0.3 is 0 Å². The molecule has 27 heavy (non-hydrogen) atoms. The van der Waals surface area contributed by atoms with E-state index in [0.29, 0.717) is 11.5 Å². The molecule has 1 heterocycles. The topological polar surface area (TPSA) is 49.4 Å². The predicted molar refractivity (Wildman–Crippen MR) is 106 cm³/mol. The van der Waals surface area contributed by atoms with Crippen LogP contribution < -0.4 is 5.32 Å². The lowest BCUT2D eigenvalue weighted by molar-refractivity contribution is -0.139. The Kier molecular flexibility index (Phi) is 5.23. The molecular formula is C23H26N2O2. The molecule has 0 atom stereocenters. The van der Waals surface area contributed by atoms with Crippen molar-refractivity contribution >= 4 is 11.8 Å². The number of likely N-dealkylation sites (tertiary alicyclic amines) is 1. The van der Waals surface area contributed by atoms with Crippen LogP contribution in [0.3, 0.4) is 0 Å². The van der Waals surface area contributed by atoms with Crippen molar-refractivity contribution in [1.29, 1.82) is 0 Å². The maximum atomic E-state index is 12.5. The van der Waals surface area contributed by atoms with Gasteiger partial charge in [0.05, 0.1) is 0 Å². The summed E-state index contributed by atoms with van der Waals surface area (Å²) in [6.07, 6.45) is 4.97. The zero-order chi connectivity index (χ0) is 18.6. The minimum absolute atomic E-state index is 0.0293. The first kappa shape index (κ1) is 17.8. The molecule has 0 spiro atoms. The number of amides is 2. The number of piperidine rings is 1. The highest BCUT2D eigenvalue weighted by molar-refractivity contribution is 5.94. The molecule has 140 valence electrons. The van der Waals surface area contributed by atoms with E-state index in [0.717, 1.165) is 49.9 Å². The maximum Gasteiger partial charge on any atom is 0.251 e. The first-order valence-electron chi connectivity index (χ1n) is 9.96. The smallest absolute Gasteiger partial charge is 0.251 e. The molecule has 1 aliphatic carbocycles. The minimum Gasteiger partial charge on any atom is -0.349 e. The molecule has 0 bridgehead atoms. The fraction of sp³-hybridized carbons (Fsp3) is 0.391. The summed E-state index contributed by atoms with van der Waals surface area (Å²) in [4.78, 5) is 26.9. The molecule has 1 saturated carbocycles. The molecule has 1 N–H and O–H groups in total. The van der Waals surface area contributed by atoms with Crippen LogP contribution in [-0.4, -0.2) is 35.8 Å². The van der Waals surface area contributed by atoms with E-state index in [9.17, 15) is 9.59 Å². The van der Waals surface area contributed by atoms with Gasteiger partial charge in [0.15, 0.2) is 0 Å². The molecule has 0 radical (unpaired) electrons. The molecule has 1 aliphatic heterocycles. The Morgan fingerprint density at radius 3 is 2.04 bits per heavy atom. The number of carbonyl (C=O) groups excluding carboxylic acids is 2. The second kappa shape index (κ2) is 7.95. The number of nitrogens with one attached hydrogen (secondary N) is 1. The quantitative estimate of drug-likeness (QED) is 0.897. The van der Waals surface area contributed by atoms with Gasteiger partial charge in [0, 0.05) is 30.6 Å². The number of hydrogen-bond acceptors (Lipinski definition) is 2. The zero-order valence-electron chi connectivity index (χ0n) is 15.6. The predicted octanol–water partition coefficient (Wildman–Crippen LogP) is 3.87. The fourth-order valence-electron chi connectivity index (χ4n) is 3.87. The molecule has 2 aromatic carbocycles. The van der Waals surface area contributed by atoms with E-state index < -0.39 is 0 Å². The summed E-state index contributed by atoms with van der Waals surface area (Å²) in [5.41, 5.74) is 2.94. The third-order valence-electron chi connectivity index (χ3n) is 5.85. The van der Waals surface area contributed by atoms with Gasteiger partial charge in [0.1, 0.15) is 0 Å². The van der Waals surface area contributed by atoms with Crippen molar-refractivity contribution in [3.05, 3.63) is 60.2 Å². The van der Waals surface area contributed by atoms with E-state index >= 15 is 0 Å². The van der Waals surface area contributed by atoms with Crippen molar-refractivity contribution in [2.75, 3.05) is 13.1 Å². The molecule has 2 aromatic rings. The Bertz CT molecular complexity index is 789. The highest BCUT2D eigenvalue weighted by Gasteiger charge is 2.31. The maximum absolute atomic E-state index is 12.5. The van der Waals surface area contributed by atoms with Gasteiger partial charge < -0.3 is 10.2 Å². The summed E-state index contributed by atoms with van der Waals surface area (Å²) in [6.45, 7) is 1.51. The monoisotopic (exact) mass is 362 g/mol. The average molecular weight is 362 g/mol. The van der Waals surface area contributed by atoms with E-state index in [1.807, 2.05) is 47.4 Å². The first-order valence-corrected chi connectivity index (χ1v) is 9.96. The second-order valence-electron chi connectivity index (χ2n) is 7.64. The van der Waals surface area contributed by atoms with Crippen molar-refractivity contribution < 1.29 is 9.59 Å². The first-order chi connectivity index (χ1) is 13.2. The fourth-order valence-corrected chi connectivity index (χ4v) is 3.87. The van der Waals surface area contributed by atoms with Crippen LogP contribution >= 0.6 is 0 Å². The molecule has 2 amide bonds. The van der Waals surface area contributed by atoms with E-state index in [1.165, 1.54) is 6.42 Å². The molecule has 4 rings (SSSR count). The molecule has 0 aromatic heterocycles. The van der Waals surface area contributed by atoms with E-state index in [-0.39, 0.29) is 17.9 Å². The number of nitrogens with zero attached hydrogens (tertiary/aromatic N) is 1. The highest BCUT2D eigenvalue weighted by Crippen LogP contribution is 2.29. The van der Waals surface area contributed by atoms with Crippen LogP contribution in [0.2, 0.25) is 0 Å². The van der Waals surface area contributed by atoms with Crippen molar-refractivity contribution in [2.45, 2.75) is 38.1 Å². The largest absolute Gasteiger partial charge is 0.349 e. The van der Waals surface area contributed by atoms with Crippen LogP contribution in [0.4, 0.5) is 0 Å². The van der Waals surface area contributed by atoms with Gasteiger partial charge in [0.2, 0.25) is 5.91 Å². The van der Waals surface area contributed by atoms with Crippen LogP contribution in [0.15, 0.2) is 54.6 Å². The number of benzene rings is 2. The molecule has 4 nitrogen and oxygen atoms in total.